The molecule has 0 aliphatic carbocycles. The van der Waals surface area contributed by atoms with E-state index in [0.717, 1.165) is 0 Å². The Balaban J connectivity index is 1.94. The van der Waals surface area contributed by atoms with E-state index in [4.69, 9.17) is 0 Å². The molecule has 21 heavy (non-hydrogen) atoms. The minimum atomic E-state index is -1.05. The molecular weight excluding hydrogens is 270 g/mol. The van der Waals surface area contributed by atoms with E-state index in [1.165, 1.54) is 11.0 Å². The molecule has 2 N–H and O–H groups in total. The fourth-order valence-electron chi connectivity index (χ4n) is 2.56. The van der Waals surface area contributed by atoms with Gasteiger partial charge in [-0.3, -0.25) is 4.79 Å². The number of carboxylic acid groups (broad SMARTS) is 1. The van der Waals surface area contributed by atoms with Gasteiger partial charge < -0.3 is 15.1 Å². The molecule has 0 fully saturated rings. The third kappa shape index (κ3) is 2.17. The average Bonchev–Trinajstić information content (AvgIpc) is 2.73. The number of carbonyl (C=O) groups excluding carboxylic acids is 1. The van der Waals surface area contributed by atoms with Gasteiger partial charge in [-0.25, -0.2) is 4.79 Å². The third-order valence-corrected chi connectivity index (χ3v) is 3.61. The maximum atomic E-state index is 12.3. The van der Waals surface area contributed by atoms with Crippen molar-refractivity contribution >= 4 is 11.9 Å². The molecule has 0 aromatic heterocycles. The van der Waals surface area contributed by atoms with Gasteiger partial charge in [-0.05, 0) is 17.7 Å². The van der Waals surface area contributed by atoms with E-state index >= 15 is 0 Å². The topological polar surface area (TPSA) is 77.8 Å². The quantitative estimate of drug-likeness (QED) is 0.903. The van der Waals surface area contributed by atoms with Crippen LogP contribution in [0.3, 0.4) is 0 Å². The second kappa shape index (κ2) is 5.03. The van der Waals surface area contributed by atoms with Gasteiger partial charge in [-0.15, -0.1) is 0 Å². The van der Waals surface area contributed by atoms with Gasteiger partial charge in [0.15, 0.2) is 6.23 Å². The Labute approximate surface area is 121 Å². The Bertz CT molecular complexity index is 726. The maximum absolute atomic E-state index is 12.3. The Kier molecular flexibility index (Phi) is 3.19. The molecule has 106 valence electrons. The number of hydrogen-bond acceptors (Lipinski definition) is 3. The molecule has 1 amide bonds. The van der Waals surface area contributed by atoms with Gasteiger partial charge in [0.05, 0.1) is 5.56 Å². The number of aliphatic hydroxyl groups excluding tert-OH is 1. The molecule has 1 unspecified atom stereocenters. The van der Waals surface area contributed by atoms with Crippen molar-refractivity contribution in [1.82, 2.24) is 4.90 Å². The van der Waals surface area contributed by atoms with Crippen molar-refractivity contribution in [2.45, 2.75) is 12.8 Å². The number of rotatable bonds is 3. The van der Waals surface area contributed by atoms with Crippen LogP contribution in [0.4, 0.5) is 0 Å². The SMILES string of the molecule is O=C(O)c1ccccc1CN1C(=O)c2ccccc2C1O. The molecule has 2 aromatic rings. The number of aliphatic hydroxyl groups is 1. The molecule has 0 bridgehead atoms. The Morgan fingerprint density at radius 3 is 2.48 bits per heavy atom. The monoisotopic (exact) mass is 283 g/mol. The van der Waals surface area contributed by atoms with E-state index < -0.39 is 12.2 Å². The number of fused-ring (bicyclic) bond motifs is 1. The first kappa shape index (κ1) is 13.3. The first-order valence-corrected chi connectivity index (χ1v) is 6.49. The van der Waals surface area contributed by atoms with Crippen molar-refractivity contribution in [1.29, 1.82) is 0 Å². The zero-order chi connectivity index (χ0) is 15.0. The maximum Gasteiger partial charge on any atom is 0.336 e. The van der Waals surface area contributed by atoms with Crippen LogP contribution in [0.1, 0.15) is 38.1 Å². The number of nitrogens with zero attached hydrogens (tertiary/aromatic N) is 1. The highest BCUT2D eigenvalue weighted by Crippen LogP contribution is 2.32. The zero-order valence-corrected chi connectivity index (χ0v) is 11.1. The summed E-state index contributed by atoms with van der Waals surface area (Å²) in [7, 11) is 0. The fourth-order valence-corrected chi connectivity index (χ4v) is 2.56. The number of amides is 1. The summed E-state index contributed by atoms with van der Waals surface area (Å²) < 4.78 is 0. The fraction of sp³-hybridized carbons (Fsp3) is 0.125. The first-order chi connectivity index (χ1) is 10.1. The number of aromatic carboxylic acids is 1. The number of hydrogen-bond donors (Lipinski definition) is 2. The smallest absolute Gasteiger partial charge is 0.336 e. The van der Waals surface area contributed by atoms with E-state index in [0.29, 0.717) is 16.7 Å². The van der Waals surface area contributed by atoms with Crippen LogP contribution in [0.5, 0.6) is 0 Å². The van der Waals surface area contributed by atoms with Gasteiger partial charge in [0.1, 0.15) is 0 Å². The van der Waals surface area contributed by atoms with Crippen LogP contribution in [0.25, 0.3) is 0 Å². The summed E-state index contributed by atoms with van der Waals surface area (Å²) in [4.78, 5) is 24.8. The molecule has 0 radical (unpaired) electrons. The van der Waals surface area contributed by atoms with Crippen LogP contribution in [-0.2, 0) is 6.54 Å². The van der Waals surface area contributed by atoms with E-state index in [-0.39, 0.29) is 18.0 Å². The number of carbonyl (C=O) groups is 2. The lowest BCUT2D eigenvalue weighted by Gasteiger charge is -2.21. The number of carboxylic acids is 1. The Hall–Kier alpha value is -2.66. The summed E-state index contributed by atoms with van der Waals surface area (Å²) in [5.74, 6) is -1.34. The summed E-state index contributed by atoms with van der Waals surface area (Å²) >= 11 is 0. The minimum absolute atomic E-state index is 0.0527. The van der Waals surface area contributed by atoms with E-state index in [2.05, 4.69) is 0 Å². The van der Waals surface area contributed by atoms with Crippen LogP contribution in [0.2, 0.25) is 0 Å². The molecule has 3 rings (SSSR count). The lowest BCUT2D eigenvalue weighted by molar-refractivity contribution is 0.0134. The van der Waals surface area contributed by atoms with Crippen LogP contribution in [0, 0.1) is 0 Å². The zero-order valence-electron chi connectivity index (χ0n) is 11.1. The van der Waals surface area contributed by atoms with Crippen molar-refractivity contribution in [2.75, 3.05) is 0 Å². The number of benzene rings is 2. The lowest BCUT2D eigenvalue weighted by Crippen LogP contribution is -2.28. The predicted octanol–water partition coefficient (Wildman–Crippen LogP) is 2.03. The molecule has 5 heteroatoms. The summed E-state index contributed by atoms with van der Waals surface area (Å²) in [6.07, 6.45) is -1.05. The van der Waals surface area contributed by atoms with Crippen LogP contribution < -0.4 is 0 Å². The summed E-state index contributed by atoms with van der Waals surface area (Å²) in [5, 5.41) is 19.4. The molecule has 2 aromatic carbocycles. The van der Waals surface area contributed by atoms with Crippen LogP contribution >= 0.6 is 0 Å². The van der Waals surface area contributed by atoms with E-state index in [9.17, 15) is 19.8 Å². The Morgan fingerprint density at radius 1 is 1.10 bits per heavy atom. The molecule has 5 nitrogen and oxygen atoms in total. The van der Waals surface area contributed by atoms with Crippen molar-refractivity contribution in [3.8, 4) is 0 Å². The van der Waals surface area contributed by atoms with Crippen LogP contribution in [0.15, 0.2) is 48.5 Å². The van der Waals surface area contributed by atoms with Gasteiger partial charge in [0.2, 0.25) is 0 Å². The van der Waals surface area contributed by atoms with E-state index in [1.54, 1.807) is 42.5 Å². The molecule has 0 saturated carbocycles. The highest BCUT2D eigenvalue weighted by atomic mass is 16.4. The Morgan fingerprint density at radius 2 is 1.76 bits per heavy atom. The largest absolute Gasteiger partial charge is 0.478 e. The average molecular weight is 283 g/mol. The molecule has 0 saturated heterocycles. The van der Waals surface area contributed by atoms with Crippen molar-refractivity contribution in [2.24, 2.45) is 0 Å². The summed E-state index contributed by atoms with van der Waals surface area (Å²) in [6, 6.07) is 13.3. The third-order valence-electron chi connectivity index (χ3n) is 3.61. The highest BCUT2D eigenvalue weighted by Gasteiger charge is 2.35. The summed E-state index contributed by atoms with van der Waals surface area (Å²) in [6.45, 7) is 0.0527. The van der Waals surface area contributed by atoms with Crippen LogP contribution in [-0.4, -0.2) is 27.0 Å². The van der Waals surface area contributed by atoms with Gasteiger partial charge in [0.25, 0.3) is 5.91 Å². The molecule has 1 atom stereocenters. The second-order valence-corrected chi connectivity index (χ2v) is 4.86. The molecule has 0 spiro atoms. The first-order valence-electron chi connectivity index (χ1n) is 6.49. The molecule has 1 heterocycles. The minimum Gasteiger partial charge on any atom is -0.478 e. The predicted molar refractivity (Wildman–Crippen MR) is 74.7 cm³/mol. The van der Waals surface area contributed by atoms with Crippen molar-refractivity contribution in [3.05, 3.63) is 70.8 Å². The molecule has 1 aliphatic rings. The van der Waals surface area contributed by atoms with Gasteiger partial charge in [-0.2, -0.15) is 0 Å². The van der Waals surface area contributed by atoms with Gasteiger partial charge in [0, 0.05) is 17.7 Å². The van der Waals surface area contributed by atoms with Gasteiger partial charge >= 0.3 is 5.97 Å². The van der Waals surface area contributed by atoms with Gasteiger partial charge in [-0.1, -0.05) is 36.4 Å². The standard InChI is InChI=1S/C16H13NO4/c18-14-12-7-3-4-8-13(12)15(19)17(14)9-10-5-1-2-6-11(10)16(20)21/h1-8,14,18H,9H2,(H,20,21). The second-order valence-electron chi connectivity index (χ2n) is 4.86. The lowest BCUT2D eigenvalue weighted by atomic mass is 10.1. The molecular formula is C16H13NO4. The van der Waals surface area contributed by atoms with Crippen molar-refractivity contribution < 1.29 is 19.8 Å². The summed E-state index contributed by atoms with van der Waals surface area (Å²) in [5.41, 5.74) is 1.63. The normalized spacial score (nSPS) is 16.9. The van der Waals surface area contributed by atoms with E-state index in [1.807, 2.05) is 0 Å². The highest BCUT2D eigenvalue weighted by molar-refractivity contribution is 5.99. The molecule has 1 aliphatic heterocycles. The van der Waals surface area contributed by atoms with Crippen molar-refractivity contribution in [3.63, 3.8) is 0 Å².